The van der Waals surface area contributed by atoms with Gasteiger partial charge < -0.3 is 4.90 Å². The van der Waals surface area contributed by atoms with Crippen LogP contribution in [-0.4, -0.2) is 73.0 Å². The summed E-state index contributed by atoms with van der Waals surface area (Å²) >= 11 is 0. The molecule has 2 aliphatic heterocycles. The fourth-order valence-electron chi connectivity index (χ4n) is 2.67. The minimum absolute atomic E-state index is 0.322. The van der Waals surface area contributed by atoms with Crippen molar-refractivity contribution in [2.75, 3.05) is 52.4 Å². The molecule has 102 valence electrons. The lowest BCUT2D eigenvalue weighted by molar-refractivity contribution is -0.133. The summed E-state index contributed by atoms with van der Waals surface area (Å²) in [5.41, 5.74) is 0. The zero-order valence-electron chi connectivity index (χ0n) is 11.5. The maximum absolute atomic E-state index is 12.1. The molecule has 0 spiro atoms. The first-order valence-corrected chi connectivity index (χ1v) is 7.13. The van der Waals surface area contributed by atoms with Crippen LogP contribution in [0.1, 0.15) is 19.8 Å². The Kier molecular flexibility index (Phi) is 5.20. The van der Waals surface area contributed by atoms with Gasteiger partial charge in [-0.15, -0.1) is 0 Å². The molecule has 0 unspecified atom stereocenters. The van der Waals surface area contributed by atoms with Gasteiger partial charge in [-0.3, -0.25) is 14.6 Å². The number of carbonyl (C=O) groups excluding carboxylic acids is 1. The zero-order valence-corrected chi connectivity index (χ0v) is 11.5. The molecule has 1 amide bonds. The summed E-state index contributed by atoms with van der Waals surface area (Å²) in [4.78, 5) is 18.8. The molecule has 2 rings (SSSR count). The number of amides is 1. The van der Waals surface area contributed by atoms with Crippen LogP contribution in [0, 0.1) is 0 Å². The summed E-state index contributed by atoms with van der Waals surface area (Å²) in [6.07, 6.45) is 6.78. The molecule has 18 heavy (non-hydrogen) atoms. The fraction of sp³-hybridized carbons (Fsp3) is 0.786. The second kappa shape index (κ2) is 6.90. The number of nitrogens with zero attached hydrogens (tertiary/aromatic N) is 3. The standard InChI is InChI=1S/C14H25N3O/c1-2-3-6-15-9-11-17(12-10-15)14(18)13-16-7-4-5-8-16/h2-3H,4-13H2,1H3/b3-2-. The van der Waals surface area contributed by atoms with Crippen molar-refractivity contribution in [1.82, 2.24) is 14.7 Å². The van der Waals surface area contributed by atoms with Gasteiger partial charge in [-0.25, -0.2) is 0 Å². The second-order valence-corrected chi connectivity index (χ2v) is 5.23. The molecule has 0 aromatic heterocycles. The van der Waals surface area contributed by atoms with E-state index in [1.807, 2.05) is 4.90 Å². The number of rotatable bonds is 4. The van der Waals surface area contributed by atoms with Gasteiger partial charge in [0.25, 0.3) is 0 Å². The molecule has 2 aliphatic rings. The minimum Gasteiger partial charge on any atom is -0.339 e. The van der Waals surface area contributed by atoms with Gasteiger partial charge in [0.05, 0.1) is 6.54 Å². The third kappa shape index (κ3) is 3.82. The van der Waals surface area contributed by atoms with Crippen LogP contribution in [-0.2, 0) is 4.79 Å². The van der Waals surface area contributed by atoms with Crippen LogP contribution >= 0.6 is 0 Å². The third-order valence-electron chi connectivity index (χ3n) is 3.88. The molecule has 4 heteroatoms. The second-order valence-electron chi connectivity index (χ2n) is 5.23. The van der Waals surface area contributed by atoms with Crippen LogP contribution in [0.5, 0.6) is 0 Å². The molecule has 0 aliphatic carbocycles. The quantitative estimate of drug-likeness (QED) is 0.692. The molecule has 2 fully saturated rings. The SMILES string of the molecule is C/C=C\CN1CCN(C(=O)CN2CCCC2)CC1. The van der Waals surface area contributed by atoms with E-state index in [0.29, 0.717) is 12.5 Å². The van der Waals surface area contributed by atoms with Crippen molar-refractivity contribution in [3.05, 3.63) is 12.2 Å². The lowest BCUT2D eigenvalue weighted by atomic mass is 10.3. The Hall–Kier alpha value is -0.870. The summed E-state index contributed by atoms with van der Waals surface area (Å²) in [5.74, 6) is 0.322. The number of piperazine rings is 1. The van der Waals surface area contributed by atoms with Crippen LogP contribution in [0.25, 0.3) is 0 Å². The molecule has 0 radical (unpaired) electrons. The van der Waals surface area contributed by atoms with Crippen LogP contribution in [0.4, 0.5) is 0 Å². The van der Waals surface area contributed by atoms with Gasteiger partial charge in [-0.2, -0.15) is 0 Å². The van der Waals surface area contributed by atoms with Crippen LogP contribution in [0.3, 0.4) is 0 Å². The maximum Gasteiger partial charge on any atom is 0.236 e. The first-order chi connectivity index (χ1) is 8.79. The molecule has 0 bridgehead atoms. The Morgan fingerprint density at radius 1 is 1.00 bits per heavy atom. The van der Waals surface area contributed by atoms with Gasteiger partial charge in [0.2, 0.25) is 5.91 Å². The first-order valence-electron chi connectivity index (χ1n) is 7.13. The topological polar surface area (TPSA) is 26.8 Å². The van der Waals surface area contributed by atoms with Gasteiger partial charge in [0.1, 0.15) is 0 Å². The number of carbonyl (C=O) groups is 1. The molecule has 2 saturated heterocycles. The maximum atomic E-state index is 12.1. The van der Waals surface area contributed by atoms with Gasteiger partial charge in [-0.05, 0) is 32.9 Å². The lowest BCUT2D eigenvalue weighted by Crippen LogP contribution is -2.50. The van der Waals surface area contributed by atoms with E-state index in [9.17, 15) is 4.79 Å². The van der Waals surface area contributed by atoms with Crippen molar-refractivity contribution >= 4 is 5.91 Å². The number of allylic oxidation sites excluding steroid dienone is 1. The Morgan fingerprint density at radius 3 is 2.28 bits per heavy atom. The van der Waals surface area contributed by atoms with Crippen molar-refractivity contribution in [1.29, 1.82) is 0 Å². The minimum atomic E-state index is 0.322. The van der Waals surface area contributed by atoms with Crippen molar-refractivity contribution in [3.63, 3.8) is 0 Å². The van der Waals surface area contributed by atoms with E-state index in [4.69, 9.17) is 0 Å². The number of hydrogen-bond donors (Lipinski definition) is 0. The Bertz CT molecular complexity index is 289. The van der Waals surface area contributed by atoms with Crippen molar-refractivity contribution in [3.8, 4) is 0 Å². The van der Waals surface area contributed by atoms with Gasteiger partial charge in [0.15, 0.2) is 0 Å². The van der Waals surface area contributed by atoms with Crippen molar-refractivity contribution < 1.29 is 4.79 Å². The molecule has 0 atom stereocenters. The highest BCUT2D eigenvalue weighted by atomic mass is 16.2. The van der Waals surface area contributed by atoms with E-state index in [1.54, 1.807) is 0 Å². The molecule has 0 N–H and O–H groups in total. The Balaban J connectivity index is 1.69. The monoisotopic (exact) mass is 251 g/mol. The molecular weight excluding hydrogens is 226 g/mol. The van der Waals surface area contributed by atoms with Gasteiger partial charge in [-0.1, -0.05) is 12.2 Å². The van der Waals surface area contributed by atoms with Crippen LogP contribution in [0.2, 0.25) is 0 Å². The van der Waals surface area contributed by atoms with Crippen molar-refractivity contribution in [2.45, 2.75) is 19.8 Å². The lowest BCUT2D eigenvalue weighted by Gasteiger charge is -2.35. The summed E-state index contributed by atoms with van der Waals surface area (Å²) in [6, 6.07) is 0. The highest BCUT2D eigenvalue weighted by Gasteiger charge is 2.23. The van der Waals surface area contributed by atoms with E-state index in [0.717, 1.165) is 45.8 Å². The Labute approximate surface area is 110 Å². The summed E-state index contributed by atoms with van der Waals surface area (Å²) in [7, 11) is 0. The summed E-state index contributed by atoms with van der Waals surface area (Å²) < 4.78 is 0. The largest absolute Gasteiger partial charge is 0.339 e. The van der Waals surface area contributed by atoms with Crippen LogP contribution < -0.4 is 0 Å². The van der Waals surface area contributed by atoms with Crippen LogP contribution in [0.15, 0.2) is 12.2 Å². The highest BCUT2D eigenvalue weighted by Crippen LogP contribution is 2.09. The predicted molar refractivity (Wildman–Crippen MR) is 73.5 cm³/mol. The smallest absolute Gasteiger partial charge is 0.236 e. The van der Waals surface area contributed by atoms with E-state index in [-0.39, 0.29) is 0 Å². The molecular formula is C14H25N3O. The average Bonchev–Trinajstić information content (AvgIpc) is 2.89. The van der Waals surface area contributed by atoms with Crippen molar-refractivity contribution in [2.24, 2.45) is 0 Å². The average molecular weight is 251 g/mol. The molecule has 0 saturated carbocycles. The highest BCUT2D eigenvalue weighted by molar-refractivity contribution is 5.78. The Morgan fingerprint density at radius 2 is 1.67 bits per heavy atom. The van der Waals surface area contributed by atoms with E-state index in [1.165, 1.54) is 12.8 Å². The third-order valence-corrected chi connectivity index (χ3v) is 3.88. The summed E-state index contributed by atoms with van der Waals surface area (Å²) in [6.45, 7) is 9.72. The van der Waals surface area contributed by atoms with E-state index < -0.39 is 0 Å². The predicted octanol–water partition coefficient (Wildman–Crippen LogP) is 0.803. The normalized spacial score (nSPS) is 23.1. The molecule has 2 heterocycles. The van der Waals surface area contributed by atoms with Gasteiger partial charge >= 0.3 is 0 Å². The van der Waals surface area contributed by atoms with E-state index >= 15 is 0 Å². The van der Waals surface area contributed by atoms with E-state index in [2.05, 4.69) is 28.9 Å². The van der Waals surface area contributed by atoms with Gasteiger partial charge in [0, 0.05) is 32.7 Å². The molecule has 0 aromatic carbocycles. The fourth-order valence-corrected chi connectivity index (χ4v) is 2.67. The summed E-state index contributed by atoms with van der Waals surface area (Å²) in [5, 5.41) is 0. The first kappa shape index (κ1) is 13.6. The zero-order chi connectivity index (χ0) is 12.8. The number of hydrogen-bond acceptors (Lipinski definition) is 3. The molecule has 0 aromatic rings. The molecule has 4 nitrogen and oxygen atoms in total. The number of likely N-dealkylation sites (tertiary alicyclic amines) is 1.